The molecule has 0 spiro atoms. The molecule has 0 radical (unpaired) electrons. The molecule has 0 rings (SSSR count). The Kier molecular flexibility index (Phi) is 20.8. The highest BCUT2D eigenvalue weighted by Crippen LogP contribution is 1.94. The minimum atomic E-state index is -1.08. The van der Waals surface area contributed by atoms with E-state index in [2.05, 4.69) is 9.73 Å². The van der Waals surface area contributed by atoms with Crippen molar-refractivity contribution in [2.75, 3.05) is 13.2 Å². The van der Waals surface area contributed by atoms with E-state index in [1.807, 2.05) is 0 Å². The van der Waals surface area contributed by atoms with Crippen LogP contribution in [0.1, 0.15) is 20.3 Å². The number of rotatable bonds is 5. The van der Waals surface area contributed by atoms with Crippen molar-refractivity contribution < 1.29 is 29.0 Å². The van der Waals surface area contributed by atoms with Crippen molar-refractivity contribution in [3.63, 3.8) is 0 Å². The summed E-state index contributed by atoms with van der Waals surface area (Å²) in [5.74, 6) is -1.43. The molecule has 0 aromatic carbocycles. The SMILES string of the molecule is CCC(N=C=O)C(=O)O.CCOC(=O)CN.N=C=O. The maximum Gasteiger partial charge on any atom is 0.329 e. The second-order valence-corrected chi connectivity index (χ2v) is 2.59. The van der Waals surface area contributed by atoms with Crippen LogP contribution in [0.2, 0.25) is 0 Å². The molecule has 0 bridgehead atoms. The maximum atomic E-state index is 10.1. The van der Waals surface area contributed by atoms with Gasteiger partial charge >= 0.3 is 11.9 Å². The number of carbonyl (C=O) groups excluding carboxylic acids is 3. The zero-order valence-electron chi connectivity index (χ0n) is 10.7. The minimum absolute atomic E-state index is 0.0200. The number of aliphatic imine (C=N–C) groups is 1. The van der Waals surface area contributed by atoms with E-state index >= 15 is 0 Å². The zero-order chi connectivity index (χ0) is 15.7. The molecular weight excluding hydrogens is 258 g/mol. The average molecular weight is 275 g/mol. The van der Waals surface area contributed by atoms with Gasteiger partial charge in [0.1, 0.15) is 0 Å². The Morgan fingerprint density at radius 1 is 1.42 bits per heavy atom. The molecule has 0 saturated heterocycles. The van der Waals surface area contributed by atoms with Crippen LogP contribution in [0.4, 0.5) is 0 Å². The smallest absolute Gasteiger partial charge is 0.329 e. The Morgan fingerprint density at radius 2 is 1.89 bits per heavy atom. The van der Waals surface area contributed by atoms with Gasteiger partial charge in [0.05, 0.1) is 13.2 Å². The molecule has 0 heterocycles. The Morgan fingerprint density at radius 3 is 2.00 bits per heavy atom. The van der Waals surface area contributed by atoms with Crippen molar-refractivity contribution in [1.82, 2.24) is 0 Å². The number of hydrogen-bond donors (Lipinski definition) is 3. The topological polar surface area (TPSA) is 160 Å². The van der Waals surface area contributed by atoms with E-state index in [1.54, 1.807) is 13.8 Å². The van der Waals surface area contributed by atoms with Crippen molar-refractivity contribution in [2.24, 2.45) is 10.7 Å². The molecule has 0 aromatic rings. The van der Waals surface area contributed by atoms with Crippen LogP contribution in [0.15, 0.2) is 4.99 Å². The van der Waals surface area contributed by atoms with Gasteiger partial charge in [-0.25, -0.2) is 19.8 Å². The monoisotopic (exact) mass is 275 g/mol. The summed E-state index contributed by atoms with van der Waals surface area (Å²) < 4.78 is 4.43. The van der Waals surface area contributed by atoms with Crippen LogP contribution >= 0.6 is 0 Å². The van der Waals surface area contributed by atoms with Gasteiger partial charge in [-0.3, -0.25) is 4.79 Å². The quantitative estimate of drug-likeness (QED) is 0.349. The molecule has 0 amide bonds. The van der Waals surface area contributed by atoms with E-state index in [0.717, 1.165) is 6.08 Å². The summed E-state index contributed by atoms with van der Waals surface area (Å²) in [4.78, 5) is 41.0. The summed E-state index contributed by atoms with van der Waals surface area (Å²) in [7, 11) is 0. The lowest BCUT2D eigenvalue weighted by Gasteiger charge is -1.96. The molecule has 0 aromatic heterocycles. The number of nitrogens with zero attached hydrogens (tertiary/aromatic N) is 1. The third kappa shape index (κ3) is 21.5. The van der Waals surface area contributed by atoms with Crippen molar-refractivity contribution in [3.8, 4) is 0 Å². The van der Waals surface area contributed by atoms with Gasteiger partial charge in [-0.2, -0.15) is 4.99 Å². The Balaban J connectivity index is -0.000000228. The Labute approximate surface area is 110 Å². The van der Waals surface area contributed by atoms with Crippen LogP contribution in [0.3, 0.4) is 0 Å². The molecular formula is C10H17N3O6. The molecule has 0 aliphatic rings. The van der Waals surface area contributed by atoms with Gasteiger partial charge < -0.3 is 15.6 Å². The largest absolute Gasteiger partial charge is 0.480 e. The minimum Gasteiger partial charge on any atom is -0.480 e. The van der Waals surface area contributed by atoms with Crippen LogP contribution in [-0.2, 0) is 23.9 Å². The molecule has 0 fully saturated rings. The summed E-state index contributed by atoms with van der Waals surface area (Å²) in [6.45, 7) is 3.77. The van der Waals surface area contributed by atoms with Gasteiger partial charge in [-0.15, -0.1) is 0 Å². The highest BCUT2D eigenvalue weighted by molar-refractivity contribution is 5.74. The van der Waals surface area contributed by atoms with Gasteiger partial charge in [0.15, 0.2) is 6.04 Å². The molecule has 9 heteroatoms. The highest BCUT2D eigenvalue weighted by Gasteiger charge is 2.11. The highest BCUT2D eigenvalue weighted by atomic mass is 16.5. The number of carbonyl (C=O) groups is 2. The molecule has 0 saturated carbocycles. The van der Waals surface area contributed by atoms with E-state index < -0.39 is 12.0 Å². The lowest BCUT2D eigenvalue weighted by Crippen LogP contribution is -2.16. The lowest BCUT2D eigenvalue weighted by molar-refractivity contribution is -0.141. The molecule has 19 heavy (non-hydrogen) atoms. The van der Waals surface area contributed by atoms with Gasteiger partial charge in [0.25, 0.3) is 0 Å². The van der Waals surface area contributed by atoms with E-state index in [1.165, 1.54) is 6.08 Å². The van der Waals surface area contributed by atoms with E-state index in [0.29, 0.717) is 13.0 Å². The van der Waals surface area contributed by atoms with Crippen molar-refractivity contribution in [3.05, 3.63) is 0 Å². The fourth-order valence-electron chi connectivity index (χ4n) is 0.605. The predicted molar refractivity (Wildman–Crippen MR) is 63.9 cm³/mol. The number of isocyanates is 2. The first-order valence-electron chi connectivity index (χ1n) is 5.14. The van der Waals surface area contributed by atoms with Gasteiger partial charge in [0, 0.05) is 0 Å². The Hall–Kier alpha value is -2.34. The fourth-order valence-corrected chi connectivity index (χ4v) is 0.605. The van der Waals surface area contributed by atoms with Gasteiger partial charge in [0.2, 0.25) is 12.2 Å². The van der Waals surface area contributed by atoms with Crippen molar-refractivity contribution in [1.29, 1.82) is 5.41 Å². The number of esters is 1. The number of aliphatic carboxylic acids is 1. The molecule has 0 aliphatic carbocycles. The lowest BCUT2D eigenvalue weighted by atomic mass is 10.2. The van der Waals surface area contributed by atoms with Crippen LogP contribution in [0, 0.1) is 5.41 Å². The average Bonchev–Trinajstić information content (AvgIpc) is 2.37. The third-order valence-corrected chi connectivity index (χ3v) is 1.35. The van der Waals surface area contributed by atoms with Crippen LogP contribution < -0.4 is 5.73 Å². The first-order valence-corrected chi connectivity index (χ1v) is 5.14. The number of nitrogens with one attached hydrogen (secondary N) is 1. The summed E-state index contributed by atoms with van der Waals surface area (Å²) in [6.07, 6.45) is 2.27. The molecule has 1 unspecified atom stereocenters. The zero-order valence-corrected chi connectivity index (χ0v) is 10.7. The van der Waals surface area contributed by atoms with Crippen LogP contribution in [-0.4, -0.2) is 48.4 Å². The third-order valence-electron chi connectivity index (χ3n) is 1.35. The number of carboxylic acid groups (broad SMARTS) is 1. The fraction of sp³-hybridized carbons (Fsp3) is 0.600. The van der Waals surface area contributed by atoms with Gasteiger partial charge in [-0.05, 0) is 13.3 Å². The van der Waals surface area contributed by atoms with E-state index in [4.69, 9.17) is 21.0 Å². The normalized spacial score (nSPS) is 9.00. The number of ether oxygens (including phenoxy) is 1. The first kappa shape index (κ1) is 21.9. The number of hydrogen-bond acceptors (Lipinski definition) is 8. The number of carboxylic acids is 1. The maximum absolute atomic E-state index is 10.1. The second-order valence-electron chi connectivity index (χ2n) is 2.59. The predicted octanol–water partition coefficient (Wildman–Crippen LogP) is -0.405. The first-order chi connectivity index (χ1) is 8.94. The summed E-state index contributed by atoms with van der Waals surface area (Å²) >= 11 is 0. The summed E-state index contributed by atoms with van der Waals surface area (Å²) in [5.41, 5.74) is 4.88. The number of nitrogens with two attached hydrogens (primary N) is 1. The van der Waals surface area contributed by atoms with Crippen molar-refractivity contribution >= 4 is 24.1 Å². The summed E-state index contributed by atoms with van der Waals surface area (Å²) in [5, 5.41) is 13.6. The van der Waals surface area contributed by atoms with Gasteiger partial charge in [-0.1, -0.05) is 6.92 Å². The van der Waals surface area contributed by atoms with Crippen LogP contribution in [0.5, 0.6) is 0 Å². The standard InChI is InChI=1S/C5H7NO3.C4H9NO2.CHNO/c1-2-4(5(8)9)6-3-7;1-2-7-4(6)3-5;2-1-3/h4H,2H2,1H3,(H,8,9);2-3,5H2,1H3;2H. The molecule has 4 N–H and O–H groups in total. The summed E-state index contributed by atoms with van der Waals surface area (Å²) in [6, 6.07) is -0.914. The van der Waals surface area contributed by atoms with Crippen molar-refractivity contribution in [2.45, 2.75) is 26.3 Å². The second kappa shape index (κ2) is 18.0. The van der Waals surface area contributed by atoms with E-state index in [9.17, 15) is 14.4 Å². The molecule has 0 aliphatic heterocycles. The molecule has 1 atom stereocenters. The van der Waals surface area contributed by atoms with Crippen LogP contribution in [0.25, 0.3) is 0 Å². The Bertz CT molecular complexity index is 330. The molecule has 9 nitrogen and oxygen atoms in total. The molecule has 108 valence electrons. The van der Waals surface area contributed by atoms with E-state index in [-0.39, 0.29) is 12.5 Å².